The zero-order chi connectivity index (χ0) is 20.4. The van der Waals surface area contributed by atoms with Crippen molar-refractivity contribution in [3.05, 3.63) is 82.5 Å². The monoisotopic (exact) mass is 408 g/mol. The van der Waals surface area contributed by atoms with Crippen molar-refractivity contribution in [3.8, 4) is 17.1 Å². The zero-order valence-electron chi connectivity index (χ0n) is 15.8. The summed E-state index contributed by atoms with van der Waals surface area (Å²) < 4.78 is 12.6. The number of benzene rings is 2. The van der Waals surface area contributed by atoms with E-state index in [4.69, 9.17) is 20.8 Å². The molecule has 0 aliphatic rings. The first-order valence-corrected chi connectivity index (χ1v) is 9.28. The van der Waals surface area contributed by atoms with Gasteiger partial charge in [0, 0.05) is 10.6 Å². The van der Waals surface area contributed by atoms with Gasteiger partial charge >= 0.3 is 5.97 Å². The van der Waals surface area contributed by atoms with Crippen LogP contribution in [0.5, 0.6) is 0 Å². The summed E-state index contributed by atoms with van der Waals surface area (Å²) in [5, 5.41) is 8.62. The van der Waals surface area contributed by atoms with Gasteiger partial charge in [-0.05, 0) is 50.2 Å². The van der Waals surface area contributed by atoms with Crippen LogP contribution in [-0.2, 0) is 11.3 Å². The highest BCUT2D eigenvalue weighted by Crippen LogP contribution is 2.22. The molecule has 8 heteroatoms. The van der Waals surface area contributed by atoms with E-state index >= 15 is 0 Å². The third kappa shape index (κ3) is 3.90. The number of halogens is 1. The summed E-state index contributed by atoms with van der Waals surface area (Å²) in [6.45, 7) is 3.51. The summed E-state index contributed by atoms with van der Waals surface area (Å²) in [6, 6.07) is 16.6. The van der Waals surface area contributed by atoms with Crippen LogP contribution in [0.2, 0.25) is 5.02 Å². The van der Waals surface area contributed by atoms with Gasteiger partial charge in [-0.2, -0.15) is 0 Å². The van der Waals surface area contributed by atoms with Crippen molar-refractivity contribution in [2.45, 2.75) is 20.5 Å². The summed E-state index contributed by atoms with van der Waals surface area (Å²) in [4.78, 5) is 16.9. The van der Waals surface area contributed by atoms with Gasteiger partial charge in [0.25, 0.3) is 0 Å². The second-order valence-corrected chi connectivity index (χ2v) is 6.81. The fourth-order valence-electron chi connectivity index (χ4n) is 2.81. The Morgan fingerprint density at radius 3 is 2.55 bits per heavy atom. The second-order valence-electron chi connectivity index (χ2n) is 6.38. The molecule has 146 valence electrons. The zero-order valence-corrected chi connectivity index (χ0v) is 16.6. The topological polar surface area (TPSA) is 83.0 Å². The van der Waals surface area contributed by atoms with Crippen molar-refractivity contribution in [2.75, 3.05) is 0 Å². The Morgan fingerprint density at radius 1 is 1.10 bits per heavy atom. The maximum absolute atomic E-state index is 12.5. The second kappa shape index (κ2) is 7.89. The van der Waals surface area contributed by atoms with Gasteiger partial charge in [-0.3, -0.25) is 0 Å². The van der Waals surface area contributed by atoms with Gasteiger partial charge in [-0.15, -0.1) is 5.10 Å². The van der Waals surface area contributed by atoms with Crippen LogP contribution in [0.4, 0.5) is 0 Å². The molecule has 0 aliphatic carbocycles. The van der Waals surface area contributed by atoms with Crippen LogP contribution in [-0.4, -0.2) is 25.9 Å². The number of aromatic nitrogens is 4. The first-order chi connectivity index (χ1) is 14.0. The van der Waals surface area contributed by atoms with E-state index in [0.717, 1.165) is 11.3 Å². The molecule has 7 nitrogen and oxygen atoms in total. The largest absolute Gasteiger partial charge is 0.454 e. The minimum atomic E-state index is -0.577. The molecule has 2 heterocycles. The van der Waals surface area contributed by atoms with Gasteiger partial charge < -0.3 is 9.15 Å². The molecule has 2 aromatic heterocycles. The highest BCUT2D eigenvalue weighted by atomic mass is 35.5. The van der Waals surface area contributed by atoms with Crippen molar-refractivity contribution in [2.24, 2.45) is 0 Å². The molecule has 2 aromatic carbocycles. The number of aryl methyl sites for hydroxylation is 1. The average molecular weight is 409 g/mol. The molecule has 0 bridgehead atoms. The number of rotatable bonds is 5. The first-order valence-electron chi connectivity index (χ1n) is 8.90. The predicted octanol–water partition coefficient (Wildman–Crippen LogP) is 4.55. The minimum Gasteiger partial charge on any atom is -0.454 e. The number of oxazole rings is 1. The summed E-state index contributed by atoms with van der Waals surface area (Å²) in [5.74, 6) is 0.503. The number of hydrogen-bond acceptors (Lipinski definition) is 6. The van der Waals surface area contributed by atoms with E-state index in [2.05, 4.69) is 15.3 Å². The molecule has 0 amide bonds. The number of ether oxygens (including phenoxy) is 1. The Balaban J connectivity index is 1.48. The van der Waals surface area contributed by atoms with Gasteiger partial charge in [0.15, 0.2) is 5.69 Å². The Bertz CT molecular complexity index is 1150. The van der Waals surface area contributed by atoms with Gasteiger partial charge in [0.1, 0.15) is 18.1 Å². The van der Waals surface area contributed by atoms with E-state index < -0.39 is 5.97 Å². The van der Waals surface area contributed by atoms with Crippen molar-refractivity contribution < 1.29 is 13.9 Å². The highest BCUT2D eigenvalue weighted by Gasteiger charge is 2.20. The molecule has 4 aromatic rings. The minimum absolute atomic E-state index is 0.0196. The smallest absolute Gasteiger partial charge is 0.361 e. The lowest BCUT2D eigenvalue weighted by Crippen LogP contribution is -2.09. The Hall–Kier alpha value is -3.45. The van der Waals surface area contributed by atoms with E-state index in [-0.39, 0.29) is 12.3 Å². The normalized spacial score (nSPS) is 10.9. The van der Waals surface area contributed by atoms with Crippen LogP contribution in [0.15, 0.2) is 59.0 Å². The van der Waals surface area contributed by atoms with Crippen molar-refractivity contribution in [1.82, 2.24) is 20.0 Å². The lowest BCUT2D eigenvalue weighted by molar-refractivity contribution is 0.0459. The van der Waals surface area contributed by atoms with E-state index in [0.29, 0.717) is 28.1 Å². The molecule has 29 heavy (non-hydrogen) atoms. The fraction of sp³-hybridized carbons (Fsp3) is 0.143. The molecule has 0 radical (unpaired) electrons. The molecule has 0 aliphatic heterocycles. The summed E-state index contributed by atoms with van der Waals surface area (Å²) in [6.07, 6.45) is 0. The number of carbonyl (C=O) groups excluding carboxylic acids is 1. The standard InChI is InChI=1S/C21H17ClN4O3/c1-13-19(24-25-26(13)17-10-8-16(22)9-11-17)21(27)28-12-18-14(2)29-20(23-18)15-6-4-3-5-7-15/h3-11H,12H2,1-2H3. The summed E-state index contributed by atoms with van der Waals surface area (Å²) >= 11 is 5.91. The third-order valence-electron chi connectivity index (χ3n) is 4.41. The Morgan fingerprint density at radius 2 is 1.83 bits per heavy atom. The predicted molar refractivity (Wildman–Crippen MR) is 107 cm³/mol. The average Bonchev–Trinajstić information content (AvgIpc) is 3.30. The molecule has 0 spiro atoms. The van der Waals surface area contributed by atoms with E-state index in [1.165, 1.54) is 0 Å². The van der Waals surface area contributed by atoms with Crippen LogP contribution < -0.4 is 0 Å². The SMILES string of the molecule is Cc1oc(-c2ccccc2)nc1COC(=O)c1nnn(-c2ccc(Cl)cc2)c1C. The number of carbonyl (C=O) groups is 1. The van der Waals surface area contributed by atoms with Crippen LogP contribution >= 0.6 is 11.6 Å². The molecular formula is C21H17ClN4O3. The molecule has 0 fully saturated rings. The molecular weight excluding hydrogens is 392 g/mol. The number of esters is 1. The first kappa shape index (κ1) is 18.9. The van der Waals surface area contributed by atoms with Crippen molar-refractivity contribution in [1.29, 1.82) is 0 Å². The van der Waals surface area contributed by atoms with E-state index in [1.807, 2.05) is 30.3 Å². The van der Waals surface area contributed by atoms with E-state index in [9.17, 15) is 4.79 Å². The summed E-state index contributed by atoms with van der Waals surface area (Å²) in [7, 11) is 0. The lowest BCUT2D eigenvalue weighted by Gasteiger charge is -2.04. The van der Waals surface area contributed by atoms with Crippen molar-refractivity contribution in [3.63, 3.8) is 0 Å². The maximum Gasteiger partial charge on any atom is 0.361 e. The van der Waals surface area contributed by atoms with Gasteiger partial charge in [0.2, 0.25) is 5.89 Å². The molecule has 4 rings (SSSR count). The number of hydrogen-bond donors (Lipinski definition) is 0. The van der Waals surface area contributed by atoms with Crippen LogP contribution in [0.25, 0.3) is 17.1 Å². The van der Waals surface area contributed by atoms with Crippen LogP contribution in [0.3, 0.4) is 0 Å². The molecule has 0 saturated carbocycles. The molecule has 0 unspecified atom stereocenters. The Labute approximate surface area is 171 Å². The quantitative estimate of drug-likeness (QED) is 0.450. The summed E-state index contributed by atoms with van der Waals surface area (Å²) in [5.41, 5.74) is 2.87. The molecule has 0 saturated heterocycles. The van der Waals surface area contributed by atoms with Gasteiger partial charge in [0.05, 0.1) is 11.4 Å². The highest BCUT2D eigenvalue weighted by molar-refractivity contribution is 6.30. The van der Waals surface area contributed by atoms with Crippen molar-refractivity contribution >= 4 is 17.6 Å². The third-order valence-corrected chi connectivity index (χ3v) is 4.66. The molecule has 0 atom stereocenters. The van der Waals surface area contributed by atoms with E-state index in [1.54, 1.807) is 42.8 Å². The lowest BCUT2D eigenvalue weighted by atomic mass is 10.2. The number of nitrogens with zero attached hydrogens (tertiary/aromatic N) is 4. The Kier molecular flexibility index (Phi) is 5.14. The molecule has 0 N–H and O–H groups in total. The maximum atomic E-state index is 12.5. The fourth-order valence-corrected chi connectivity index (χ4v) is 2.94. The van der Waals surface area contributed by atoms with Crippen LogP contribution in [0, 0.1) is 13.8 Å². The van der Waals surface area contributed by atoms with Gasteiger partial charge in [-0.25, -0.2) is 14.5 Å². The van der Waals surface area contributed by atoms with Gasteiger partial charge in [-0.1, -0.05) is 35.0 Å². The van der Waals surface area contributed by atoms with Crippen LogP contribution in [0.1, 0.15) is 27.6 Å².